The predicted octanol–water partition coefficient (Wildman–Crippen LogP) is 0.155. The minimum Gasteiger partial charge on any atom is -0.396 e. The molecular weight excluding hydrogens is 262 g/mol. The monoisotopic (exact) mass is 277 g/mol. The molecule has 1 rings (SSSR count). The summed E-state index contributed by atoms with van der Waals surface area (Å²) in [4.78, 5) is 15.7. The van der Waals surface area contributed by atoms with Crippen molar-refractivity contribution in [3.05, 3.63) is 41.4 Å². The molecular formula is C12H15N5OS. The van der Waals surface area contributed by atoms with Gasteiger partial charge in [0.1, 0.15) is 10.7 Å². The Kier molecular flexibility index (Phi) is 5.13. The van der Waals surface area contributed by atoms with E-state index in [1.54, 1.807) is 6.20 Å². The zero-order valence-electron chi connectivity index (χ0n) is 10.4. The number of nitrogens with two attached hydrogens (primary N) is 2. The third-order valence-corrected chi connectivity index (χ3v) is 2.60. The average molecular weight is 277 g/mol. The van der Waals surface area contributed by atoms with Gasteiger partial charge in [-0.1, -0.05) is 18.3 Å². The van der Waals surface area contributed by atoms with Gasteiger partial charge in [-0.3, -0.25) is 15.2 Å². The summed E-state index contributed by atoms with van der Waals surface area (Å²) in [6, 6.07) is 3.71. The molecule has 0 aliphatic heterocycles. The lowest BCUT2D eigenvalue weighted by Gasteiger charge is -2.06. The van der Waals surface area contributed by atoms with E-state index >= 15 is 0 Å². The third-order valence-electron chi connectivity index (χ3n) is 2.36. The van der Waals surface area contributed by atoms with E-state index in [0.717, 1.165) is 17.3 Å². The Morgan fingerprint density at radius 2 is 2.26 bits per heavy atom. The molecule has 0 radical (unpaired) electrons. The van der Waals surface area contributed by atoms with E-state index in [1.165, 1.54) is 0 Å². The number of pyridine rings is 1. The second kappa shape index (κ2) is 6.60. The highest BCUT2D eigenvalue weighted by Gasteiger charge is 2.09. The van der Waals surface area contributed by atoms with Gasteiger partial charge in [-0.2, -0.15) is 0 Å². The smallest absolute Gasteiger partial charge is 0.269 e. The molecule has 0 atom stereocenters. The summed E-state index contributed by atoms with van der Waals surface area (Å²) >= 11 is 4.63. The van der Waals surface area contributed by atoms with Crippen LogP contribution >= 0.6 is 12.2 Å². The Morgan fingerprint density at radius 3 is 2.84 bits per heavy atom. The second-order valence-electron chi connectivity index (χ2n) is 3.83. The first-order valence-corrected chi connectivity index (χ1v) is 5.87. The lowest BCUT2D eigenvalue weighted by Crippen LogP contribution is -2.31. The molecule has 0 spiro atoms. The number of rotatable bonds is 5. The fourth-order valence-corrected chi connectivity index (χ4v) is 1.31. The molecule has 1 aromatic rings. The van der Waals surface area contributed by atoms with E-state index in [2.05, 4.69) is 22.5 Å². The van der Waals surface area contributed by atoms with Crippen LogP contribution in [0.4, 0.5) is 0 Å². The summed E-state index contributed by atoms with van der Waals surface area (Å²) < 4.78 is 0. The fraction of sp³-hybridized carbons (Fsp3) is 0.167. The molecule has 100 valence electrons. The van der Waals surface area contributed by atoms with E-state index in [-0.39, 0.29) is 22.9 Å². The fourth-order valence-electron chi connectivity index (χ4n) is 1.25. The van der Waals surface area contributed by atoms with Crippen LogP contribution < -0.4 is 16.8 Å². The van der Waals surface area contributed by atoms with Gasteiger partial charge < -0.3 is 16.8 Å². The molecule has 19 heavy (non-hydrogen) atoms. The summed E-state index contributed by atoms with van der Waals surface area (Å²) in [6.07, 6.45) is 2.77. The largest absolute Gasteiger partial charge is 0.396 e. The molecule has 0 aromatic carbocycles. The maximum atomic E-state index is 11.6. The molecule has 0 aliphatic rings. The maximum Gasteiger partial charge on any atom is 0.269 e. The standard InChI is InChI=1S/C12H15N5OS/c1-7-3-2-4-16-10(7)6-17-12(18)9(14)5-8(13)11(15)19/h2-5,14H,6,13H2,1H3,(H2,15,19)(H,17,18). The summed E-state index contributed by atoms with van der Waals surface area (Å²) in [5.74, 6) is -0.566. The van der Waals surface area contributed by atoms with Gasteiger partial charge >= 0.3 is 0 Å². The molecule has 0 aliphatic carbocycles. The lowest BCUT2D eigenvalue weighted by atomic mass is 10.2. The molecule has 1 amide bonds. The molecule has 0 saturated heterocycles. The predicted molar refractivity (Wildman–Crippen MR) is 77.6 cm³/mol. The van der Waals surface area contributed by atoms with Crippen LogP contribution in [0.5, 0.6) is 0 Å². The number of nitrogens with zero attached hydrogens (tertiary/aromatic N) is 1. The van der Waals surface area contributed by atoms with Crippen LogP contribution in [0.2, 0.25) is 0 Å². The van der Waals surface area contributed by atoms with E-state index in [4.69, 9.17) is 16.9 Å². The summed E-state index contributed by atoms with van der Waals surface area (Å²) in [5, 5.41) is 10.1. The van der Waals surface area contributed by atoms with E-state index in [1.807, 2.05) is 19.1 Å². The Hall–Kier alpha value is -2.28. The molecule has 0 bridgehead atoms. The Labute approximate surface area is 116 Å². The third kappa shape index (κ3) is 4.47. The van der Waals surface area contributed by atoms with Gasteiger partial charge in [0.2, 0.25) is 0 Å². The minimum atomic E-state index is -0.566. The number of thiocarbonyl (C=S) groups is 1. The summed E-state index contributed by atoms with van der Waals surface area (Å²) in [6.45, 7) is 2.14. The highest BCUT2D eigenvalue weighted by Crippen LogP contribution is 2.02. The number of aryl methyl sites for hydroxylation is 1. The van der Waals surface area contributed by atoms with Crippen molar-refractivity contribution in [1.29, 1.82) is 5.41 Å². The van der Waals surface area contributed by atoms with Crippen LogP contribution in [0, 0.1) is 12.3 Å². The van der Waals surface area contributed by atoms with Crippen molar-refractivity contribution in [3.63, 3.8) is 0 Å². The van der Waals surface area contributed by atoms with Gasteiger partial charge in [0.15, 0.2) is 0 Å². The van der Waals surface area contributed by atoms with Crippen molar-refractivity contribution < 1.29 is 4.79 Å². The van der Waals surface area contributed by atoms with E-state index < -0.39 is 5.91 Å². The molecule has 1 aromatic heterocycles. The Morgan fingerprint density at radius 1 is 1.58 bits per heavy atom. The summed E-state index contributed by atoms with van der Waals surface area (Å²) in [5.41, 5.74) is 12.2. The van der Waals surface area contributed by atoms with Crippen molar-refractivity contribution >= 4 is 28.8 Å². The van der Waals surface area contributed by atoms with E-state index in [0.29, 0.717) is 0 Å². The lowest BCUT2D eigenvalue weighted by molar-refractivity contribution is -0.114. The van der Waals surface area contributed by atoms with Crippen LogP contribution in [0.25, 0.3) is 0 Å². The number of aromatic nitrogens is 1. The minimum absolute atomic E-state index is 0.0316. The van der Waals surface area contributed by atoms with Crippen molar-refractivity contribution in [3.8, 4) is 0 Å². The topological polar surface area (TPSA) is 118 Å². The number of hydrogen-bond acceptors (Lipinski definition) is 5. The average Bonchev–Trinajstić information content (AvgIpc) is 2.37. The van der Waals surface area contributed by atoms with Crippen molar-refractivity contribution in [2.24, 2.45) is 11.5 Å². The van der Waals surface area contributed by atoms with Crippen LogP contribution in [0.1, 0.15) is 11.3 Å². The number of carbonyl (C=O) groups excluding carboxylic acids is 1. The number of amides is 1. The molecule has 6 N–H and O–H groups in total. The maximum absolute atomic E-state index is 11.6. The normalized spacial score (nSPS) is 10.9. The first-order chi connectivity index (χ1) is 8.91. The molecule has 7 heteroatoms. The van der Waals surface area contributed by atoms with Crippen molar-refractivity contribution in [2.75, 3.05) is 0 Å². The van der Waals surface area contributed by atoms with Gasteiger partial charge in [-0.15, -0.1) is 0 Å². The van der Waals surface area contributed by atoms with Gasteiger partial charge in [-0.05, 0) is 24.6 Å². The van der Waals surface area contributed by atoms with Gasteiger partial charge in [0.05, 0.1) is 17.9 Å². The van der Waals surface area contributed by atoms with Crippen LogP contribution in [0.3, 0.4) is 0 Å². The van der Waals surface area contributed by atoms with Gasteiger partial charge in [0.25, 0.3) is 5.91 Å². The number of nitrogens with one attached hydrogen (secondary N) is 2. The molecule has 1 heterocycles. The first-order valence-electron chi connectivity index (χ1n) is 5.46. The molecule has 6 nitrogen and oxygen atoms in total. The number of hydrogen-bond donors (Lipinski definition) is 4. The van der Waals surface area contributed by atoms with Gasteiger partial charge in [0, 0.05) is 6.20 Å². The van der Waals surface area contributed by atoms with Crippen molar-refractivity contribution in [2.45, 2.75) is 13.5 Å². The van der Waals surface area contributed by atoms with Crippen LogP contribution in [0.15, 0.2) is 30.1 Å². The Bertz CT molecular complexity index is 553. The Balaban J connectivity index is 2.62. The highest BCUT2D eigenvalue weighted by atomic mass is 32.1. The van der Waals surface area contributed by atoms with Gasteiger partial charge in [-0.25, -0.2) is 0 Å². The SMILES string of the molecule is Cc1cccnc1CNC(=O)C(=N)C=C(N)C(N)=S. The summed E-state index contributed by atoms with van der Waals surface area (Å²) in [7, 11) is 0. The van der Waals surface area contributed by atoms with E-state index in [9.17, 15) is 4.79 Å². The molecule has 0 fully saturated rings. The highest BCUT2D eigenvalue weighted by molar-refractivity contribution is 7.80. The van der Waals surface area contributed by atoms with Crippen LogP contribution in [-0.2, 0) is 11.3 Å². The second-order valence-corrected chi connectivity index (χ2v) is 4.27. The zero-order chi connectivity index (χ0) is 14.4. The molecule has 0 saturated carbocycles. The quantitative estimate of drug-likeness (QED) is 0.347. The molecule has 0 unspecified atom stereocenters. The zero-order valence-corrected chi connectivity index (χ0v) is 11.3. The number of carbonyl (C=O) groups is 1. The van der Waals surface area contributed by atoms with Crippen molar-refractivity contribution in [1.82, 2.24) is 10.3 Å². The van der Waals surface area contributed by atoms with Crippen LogP contribution in [-0.4, -0.2) is 21.6 Å². The first kappa shape index (κ1) is 14.8.